The van der Waals surface area contributed by atoms with Gasteiger partial charge in [0.25, 0.3) is 11.5 Å². The number of piperazine rings is 1. The molecule has 166 valence electrons. The lowest BCUT2D eigenvalue weighted by molar-refractivity contribution is 0.0628. The first-order chi connectivity index (χ1) is 15.7. The minimum absolute atomic E-state index is 0.0153. The van der Waals surface area contributed by atoms with Crippen molar-refractivity contribution in [1.82, 2.24) is 24.3 Å². The van der Waals surface area contributed by atoms with E-state index in [1.807, 2.05) is 21.7 Å². The largest absolute Gasteiger partial charge is 0.336 e. The van der Waals surface area contributed by atoms with Crippen LogP contribution in [0.3, 0.4) is 0 Å². The Labute approximate surface area is 187 Å². The molecular formula is C25H29N5O2. The van der Waals surface area contributed by atoms with Crippen LogP contribution in [0.1, 0.15) is 47.4 Å². The van der Waals surface area contributed by atoms with Crippen molar-refractivity contribution in [2.45, 2.75) is 45.2 Å². The molecule has 7 heteroatoms. The normalized spacial score (nSPS) is 17.6. The Morgan fingerprint density at radius 3 is 2.62 bits per heavy atom. The van der Waals surface area contributed by atoms with E-state index in [1.165, 1.54) is 12.0 Å². The first-order valence-corrected chi connectivity index (χ1v) is 11.6. The predicted molar refractivity (Wildman–Crippen MR) is 124 cm³/mol. The van der Waals surface area contributed by atoms with Crippen molar-refractivity contribution in [2.24, 2.45) is 0 Å². The number of aromatic nitrogens is 3. The van der Waals surface area contributed by atoms with Gasteiger partial charge in [0.05, 0.1) is 10.9 Å². The van der Waals surface area contributed by atoms with Crippen LogP contribution in [0.15, 0.2) is 47.5 Å². The zero-order valence-electron chi connectivity index (χ0n) is 18.4. The van der Waals surface area contributed by atoms with Gasteiger partial charge >= 0.3 is 0 Å². The van der Waals surface area contributed by atoms with Crippen LogP contribution in [0.25, 0.3) is 10.9 Å². The fraction of sp³-hybridized carbons (Fsp3) is 0.440. The third kappa shape index (κ3) is 4.30. The molecule has 0 N–H and O–H groups in total. The molecule has 1 fully saturated rings. The second-order valence-electron chi connectivity index (χ2n) is 8.81. The van der Waals surface area contributed by atoms with Crippen LogP contribution < -0.4 is 5.56 Å². The van der Waals surface area contributed by atoms with Crippen LogP contribution in [0.4, 0.5) is 0 Å². The average Bonchev–Trinajstić information content (AvgIpc) is 2.81. The van der Waals surface area contributed by atoms with Crippen LogP contribution in [-0.4, -0.2) is 56.4 Å². The number of carbonyl (C=O) groups excluding carboxylic acids is 1. The lowest BCUT2D eigenvalue weighted by Crippen LogP contribution is -2.48. The van der Waals surface area contributed by atoms with Crippen LogP contribution in [0.2, 0.25) is 0 Å². The van der Waals surface area contributed by atoms with E-state index in [1.54, 1.807) is 24.4 Å². The molecule has 2 aliphatic heterocycles. The van der Waals surface area contributed by atoms with E-state index in [-0.39, 0.29) is 11.5 Å². The fourth-order valence-corrected chi connectivity index (χ4v) is 4.77. The summed E-state index contributed by atoms with van der Waals surface area (Å²) in [5, 5.41) is 0.604. The highest BCUT2D eigenvalue weighted by Gasteiger charge is 2.23. The lowest BCUT2D eigenvalue weighted by atomic mass is 10.1. The van der Waals surface area contributed by atoms with Crippen molar-refractivity contribution in [3.63, 3.8) is 0 Å². The summed E-state index contributed by atoms with van der Waals surface area (Å²) in [6.45, 7) is 4.64. The van der Waals surface area contributed by atoms with Crippen LogP contribution >= 0.6 is 0 Å². The standard InChI is InChI=1S/C25H29N5O2/c31-24(29-14-12-28(13-15-29)18-19-6-5-10-26-17-19)20-8-9-21-22(16-20)27-23-7-3-1-2-4-11-30(23)25(21)32/h5-6,8-10,16-17H,1-4,7,11-15,18H2. The molecule has 0 spiro atoms. The summed E-state index contributed by atoms with van der Waals surface area (Å²) in [5.74, 6) is 0.873. The molecule has 1 saturated heterocycles. The number of amides is 1. The van der Waals surface area contributed by atoms with E-state index in [2.05, 4.69) is 16.0 Å². The van der Waals surface area contributed by atoms with Gasteiger partial charge in [-0.2, -0.15) is 0 Å². The molecule has 3 aromatic rings. The van der Waals surface area contributed by atoms with Gasteiger partial charge in [-0.1, -0.05) is 18.9 Å². The first-order valence-electron chi connectivity index (χ1n) is 11.6. The lowest BCUT2D eigenvalue weighted by Gasteiger charge is -2.34. The average molecular weight is 432 g/mol. The quantitative estimate of drug-likeness (QED) is 0.638. The number of hydrogen-bond donors (Lipinski definition) is 0. The number of benzene rings is 1. The highest BCUT2D eigenvalue weighted by Crippen LogP contribution is 2.18. The molecule has 0 bridgehead atoms. The molecular weight excluding hydrogens is 402 g/mol. The third-order valence-corrected chi connectivity index (χ3v) is 6.60. The molecule has 32 heavy (non-hydrogen) atoms. The van der Waals surface area contributed by atoms with Gasteiger partial charge in [0.1, 0.15) is 5.82 Å². The van der Waals surface area contributed by atoms with E-state index in [9.17, 15) is 9.59 Å². The minimum Gasteiger partial charge on any atom is -0.336 e. The highest BCUT2D eigenvalue weighted by atomic mass is 16.2. The number of aryl methyl sites for hydroxylation is 1. The Morgan fingerprint density at radius 1 is 0.969 bits per heavy atom. The molecule has 5 rings (SSSR count). The predicted octanol–water partition coefficient (Wildman–Crippen LogP) is 2.87. The SMILES string of the molecule is O=C(c1ccc2c(=O)n3c(nc2c1)CCCCCC3)N1CCN(Cc2cccnc2)CC1. The Morgan fingerprint density at radius 2 is 1.81 bits per heavy atom. The number of hydrogen-bond acceptors (Lipinski definition) is 5. The van der Waals surface area contributed by atoms with Crippen LogP contribution in [0.5, 0.6) is 0 Å². The topological polar surface area (TPSA) is 71.3 Å². The summed E-state index contributed by atoms with van der Waals surface area (Å²) in [4.78, 5) is 39.4. The van der Waals surface area contributed by atoms with Crippen molar-refractivity contribution in [2.75, 3.05) is 26.2 Å². The number of rotatable bonds is 3. The number of pyridine rings is 1. The zero-order chi connectivity index (χ0) is 21.9. The van der Waals surface area contributed by atoms with Gasteiger partial charge in [-0.25, -0.2) is 4.98 Å². The summed E-state index contributed by atoms with van der Waals surface area (Å²) in [7, 11) is 0. The molecule has 0 radical (unpaired) electrons. The zero-order valence-corrected chi connectivity index (χ0v) is 18.4. The minimum atomic E-state index is 0.0153. The van der Waals surface area contributed by atoms with Gasteiger partial charge in [0, 0.05) is 63.6 Å². The number of carbonyl (C=O) groups is 1. The second-order valence-corrected chi connectivity index (χ2v) is 8.81. The smallest absolute Gasteiger partial charge is 0.261 e. The van der Waals surface area contributed by atoms with E-state index in [0.717, 1.165) is 57.7 Å². The molecule has 0 unspecified atom stereocenters. The van der Waals surface area contributed by atoms with Crippen LogP contribution in [-0.2, 0) is 19.5 Å². The van der Waals surface area contributed by atoms with Crippen molar-refractivity contribution in [3.05, 3.63) is 70.0 Å². The van der Waals surface area contributed by atoms with Gasteiger partial charge in [0.15, 0.2) is 0 Å². The second kappa shape index (κ2) is 9.20. The molecule has 0 atom stereocenters. The number of fused-ring (bicyclic) bond motifs is 2. The van der Waals surface area contributed by atoms with Crippen molar-refractivity contribution in [3.8, 4) is 0 Å². The molecule has 0 aliphatic carbocycles. The fourth-order valence-electron chi connectivity index (χ4n) is 4.77. The third-order valence-electron chi connectivity index (χ3n) is 6.60. The van der Waals surface area contributed by atoms with Crippen molar-refractivity contribution >= 4 is 16.8 Å². The van der Waals surface area contributed by atoms with Gasteiger partial charge in [0.2, 0.25) is 0 Å². The molecule has 7 nitrogen and oxygen atoms in total. The van der Waals surface area contributed by atoms with E-state index < -0.39 is 0 Å². The maximum absolute atomic E-state index is 13.2. The molecule has 1 amide bonds. The Hall–Kier alpha value is -3.06. The summed E-state index contributed by atoms with van der Waals surface area (Å²) < 4.78 is 1.84. The Kier molecular flexibility index (Phi) is 5.99. The monoisotopic (exact) mass is 431 g/mol. The highest BCUT2D eigenvalue weighted by molar-refractivity contribution is 5.97. The van der Waals surface area contributed by atoms with Crippen molar-refractivity contribution in [1.29, 1.82) is 0 Å². The summed E-state index contributed by atoms with van der Waals surface area (Å²) in [5.41, 5.74) is 2.47. The van der Waals surface area contributed by atoms with Gasteiger partial charge < -0.3 is 4.90 Å². The summed E-state index contributed by atoms with van der Waals surface area (Å²) in [6, 6.07) is 9.40. The molecule has 2 aliphatic rings. The van der Waals surface area contributed by atoms with E-state index >= 15 is 0 Å². The first kappa shape index (κ1) is 20.8. The van der Waals surface area contributed by atoms with E-state index in [0.29, 0.717) is 29.6 Å². The number of nitrogens with zero attached hydrogens (tertiary/aromatic N) is 5. The molecule has 1 aromatic carbocycles. The van der Waals surface area contributed by atoms with E-state index in [4.69, 9.17) is 4.98 Å². The van der Waals surface area contributed by atoms with Crippen LogP contribution in [0, 0.1) is 0 Å². The van der Waals surface area contributed by atoms with Crippen molar-refractivity contribution < 1.29 is 4.79 Å². The maximum atomic E-state index is 13.2. The maximum Gasteiger partial charge on any atom is 0.261 e. The van der Waals surface area contributed by atoms with Gasteiger partial charge in [-0.05, 0) is 42.7 Å². The Bertz CT molecular complexity index is 1170. The molecule has 2 aromatic heterocycles. The van der Waals surface area contributed by atoms with Gasteiger partial charge in [-0.3, -0.25) is 24.0 Å². The van der Waals surface area contributed by atoms with Gasteiger partial charge in [-0.15, -0.1) is 0 Å². The molecule has 4 heterocycles. The molecule has 0 saturated carbocycles. The Balaban J connectivity index is 1.32. The summed E-state index contributed by atoms with van der Waals surface area (Å²) in [6.07, 6.45) is 8.91. The summed E-state index contributed by atoms with van der Waals surface area (Å²) >= 11 is 0.